The molecule has 3 rings (SSSR count). The number of nitro groups is 1. The minimum Gasteiger partial charge on any atom is -0.258 e. The molecule has 1 saturated heterocycles. The van der Waals surface area contributed by atoms with E-state index in [2.05, 4.69) is 0 Å². The first-order valence-corrected chi connectivity index (χ1v) is 9.96. The van der Waals surface area contributed by atoms with E-state index in [9.17, 15) is 27.3 Å². The summed E-state index contributed by atoms with van der Waals surface area (Å²) >= 11 is 0.670. The van der Waals surface area contributed by atoms with E-state index in [4.69, 9.17) is 0 Å². The lowest BCUT2D eigenvalue weighted by molar-refractivity contribution is -0.388. The fourth-order valence-corrected chi connectivity index (χ4v) is 5.12. The van der Waals surface area contributed by atoms with Crippen molar-refractivity contribution in [1.29, 1.82) is 0 Å². The van der Waals surface area contributed by atoms with Gasteiger partial charge in [0.2, 0.25) is 10.0 Å². The summed E-state index contributed by atoms with van der Waals surface area (Å²) in [4.78, 5) is 10.4. The summed E-state index contributed by atoms with van der Waals surface area (Å²) in [6.07, 6.45) is 1.49. The molecule has 0 aliphatic carbocycles. The van der Waals surface area contributed by atoms with Gasteiger partial charge in [-0.1, -0.05) is 11.8 Å². The van der Waals surface area contributed by atoms with Crippen molar-refractivity contribution in [2.45, 2.75) is 27.5 Å². The standard InChI is InChI=1S/C16H14F2N2O4S2/c17-11-3-5-13(18)16(9-11)25-15-6-4-12(10-14(15)20(21)22)26(23,24)19-7-1-2-8-19/h3-6,9-10H,1-2,7-8H2. The highest BCUT2D eigenvalue weighted by molar-refractivity contribution is 7.99. The van der Waals surface area contributed by atoms with Gasteiger partial charge in [0.25, 0.3) is 5.69 Å². The van der Waals surface area contributed by atoms with Crippen LogP contribution in [0.2, 0.25) is 0 Å². The van der Waals surface area contributed by atoms with E-state index in [1.165, 1.54) is 16.4 Å². The van der Waals surface area contributed by atoms with Crippen LogP contribution < -0.4 is 0 Å². The Morgan fingerprint density at radius 2 is 1.73 bits per heavy atom. The summed E-state index contributed by atoms with van der Waals surface area (Å²) in [5, 5.41) is 11.4. The molecule has 0 aromatic heterocycles. The van der Waals surface area contributed by atoms with Crippen LogP contribution in [0.1, 0.15) is 12.8 Å². The molecule has 6 nitrogen and oxygen atoms in total. The number of nitro benzene ring substituents is 1. The highest BCUT2D eigenvalue weighted by Gasteiger charge is 2.29. The van der Waals surface area contributed by atoms with E-state index in [0.29, 0.717) is 24.9 Å². The molecule has 2 aromatic carbocycles. The first kappa shape index (κ1) is 18.7. The van der Waals surface area contributed by atoms with Gasteiger partial charge in [0.1, 0.15) is 11.6 Å². The second-order valence-corrected chi connectivity index (χ2v) is 8.70. The first-order chi connectivity index (χ1) is 12.3. The Morgan fingerprint density at radius 1 is 1.04 bits per heavy atom. The quantitative estimate of drug-likeness (QED) is 0.563. The van der Waals surface area contributed by atoms with Crippen LogP contribution in [-0.4, -0.2) is 30.7 Å². The van der Waals surface area contributed by atoms with Crippen molar-refractivity contribution in [2.24, 2.45) is 0 Å². The normalized spacial score (nSPS) is 15.3. The molecule has 0 saturated carbocycles. The van der Waals surface area contributed by atoms with Crippen LogP contribution in [0.5, 0.6) is 0 Å². The summed E-state index contributed by atoms with van der Waals surface area (Å²) in [7, 11) is -3.81. The molecule has 0 bridgehead atoms. The number of sulfonamides is 1. The summed E-state index contributed by atoms with van der Waals surface area (Å²) < 4.78 is 53.5. The molecule has 1 heterocycles. The van der Waals surface area contributed by atoms with Gasteiger partial charge in [-0.2, -0.15) is 4.31 Å². The number of rotatable bonds is 5. The minimum atomic E-state index is -3.81. The van der Waals surface area contributed by atoms with Gasteiger partial charge in [0.15, 0.2) is 0 Å². The van der Waals surface area contributed by atoms with Gasteiger partial charge < -0.3 is 0 Å². The van der Waals surface area contributed by atoms with Crippen molar-refractivity contribution in [3.63, 3.8) is 0 Å². The molecule has 1 aliphatic rings. The largest absolute Gasteiger partial charge is 0.284 e. The zero-order chi connectivity index (χ0) is 18.9. The fourth-order valence-electron chi connectivity index (χ4n) is 2.64. The summed E-state index contributed by atoms with van der Waals surface area (Å²) in [5.74, 6) is -1.40. The van der Waals surface area contributed by atoms with Crippen LogP contribution in [0.25, 0.3) is 0 Å². The van der Waals surface area contributed by atoms with E-state index in [0.717, 1.165) is 37.1 Å². The molecule has 10 heteroatoms. The molecule has 138 valence electrons. The van der Waals surface area contributed by atoms with Gasteiger partial charge in [-0.3, -0.25) is 10.1 Å². The van der Waals surface area contributed by atoms with E-state index >= 15 is 0 Å². The lowest BCUT2D eigenvalue weighted by Gasteiger charge is -2.15. The summed E-state index contributed by atoms with van der Waals surface area (Å²) in [5.41, 5.74) is -0.473. The van der Waals surface area contributed by atoms with Crippen molar-refractivity contribution in [1.82, 2.24) is 4.31 Å². The maximum absolute atomic E-state index is 13.8. The Hall–Kier alpha value is -2.04. The van der Waals surface area contributed by atoms with Gasteiger partial charge in [-0.05, 0) is 43.2 Å². The molecule has 26 heavy (non-hydrogen) atoms. The van der Waals surface area contributed by atoms with Crippen LogP contribution in [0.15, 0.2) is 51.1 Å². The molecule has 0 radical (unpaired) electrons. The fraction of sp³-hybridized carbons (Fsp3) is 0.250. The van der Waals surface area contributed by atoms with Crippen LogP contribution in [-0.2, 0) is 10.0 Å². The third kappa shape index (κ3) is 3.71. The van der Waals surface area contributed by atoms with Gasteiger partial charge in [0, 0.05) is 19.2 Å². The average Bonchev–Trinajstić information content (AvgIpc) is 3.13. The molecule has 1 aliphatic heterocycles. The predicted molar refractivity (Wildman–Crippen MR) is 91.6 cm³/mol. The molecule has 0 atom stereocenters. The highest BCUT2D eigenvalue weighted by Crippen LogP contribution is 2.38. The van der Waals surface area contributed by atoms with E-state index in [-0.39, 0.29) is 14.7 Å². The van der Waals surface area contributed by atoms with E-state index < -0.39 is 32.3 Å². The third-order valence-electron chi connectivity index (χ3n) is 3.94. The molecule has 0 unspecified atom stereocenters. The van der Waals surface area contributed by atoms with Crippen molar-refractivity contribution < 1.29 is 22.1 Å². The lowest BCUT2D eigenvalue weighted by Crippen LogP contribution is -2.27. The monoisotopic (exact) mass is 400 g/mol. The molecule has 0 N–H and O–H groups in total. The minimum absolute atomic E-state index is 0.0277. The van der Waals surface area contributed by atoms with E-state index in [1.54, 1.807) is 0 Å². The van der Waals surface area contributed by atoms with Gasteiger partial charge in [0.05, 0.1) is 19.6 Å². The molecular formula is C16H14F2N2O4S2. The third-order valence-corrected chi connectivity index (χ3v) is 6.94. The number of nitrogens with zero attached hydrogens (tertiary/aromatic N) is 2. The molecule has 0 spiro atoms. The smallest absolute Gasteiger partial charge is 0.258 e. The number of halogens is 2. The van der Waals surface area contributed by atoms with Crippen LogP contribution >= 0.6 is 11.8 Å². The van der Waals surface area contributed by atoms with Crippen molar-refractivity contribution in [3.05, 3.63) is 58.1 Å². The maximum Gasteiger partial charge on any atom is 0.284 e. The number of hydrogen-bond acceptors (Lipinski definition) is 5. The summed E-state index contributed by atoms with van der Waals surface area (Å²) in [6, 6.07) is 6.26. The Balaban J connectivity index is 2.00. The zero-order valence-electron chi connectivity index (χ0n) is 13.4. The SMILES string of the molecule is O=[N+]([O-])c1cc(S(=O)(=O)N2CCCC2)ccc1Sc1cc(F)ccc1F. The van der Waals surface area contributed by atoms with Crippen LogP contribution in [0, 0.1) is 21.7 Å². The number of benzene rings is 2. The van der Waals surface area contributed by atoms with Crippen molar-refractivity contribution >= 4 is 27.5 Å². The maximum atomic E-state index is 13.8. The number of hydrogen-bond donors (Lipinski definition) is 0. The predicted octanol–water partition coefficient (Wildman–Crippen LogP) is 3.81. The lowest BCUT2D eigenvalue weighted by atomic mass is 10.3. The van der Waals surface area contributed by atoms with Crippen LogP contribution in [0.3, 0.4) is 0 Å². The average molecular weight is 400 g/mol. The Kier molecular flexibility index (Phi) is 5.26. The highest BCUT2D eigenvalue weighted by atomic mass is 32.2. The van der Waals surface area contributed by atoms with Gasteiger partial charge in [-0.15, -0.1) is 0 Å². The zero-order valence-corrected chi connectivity index (χ0v) is 15.0. The Bertz CT molecular complexity index is 961. The molecule has 1 fully saturated rings. The molecular weight excluding hydrogens is 386 g/mol. The topological polar surface area (TPSA) is 80.5 Å². The Labute approximate surface area is 153 Å². The van der Waals surface area contributed by atoms with Crippen molar-refractivity contribution in [3.8, 4) is 0 Å². The molecule has 2 aromatic rings. The second-order valence-electron chi connectivity index (χ2n) is 5.67. The van der Waals surface area contributed by atoms with E-state index in [1.807, 2.05) is 0 Å². The first-order valence-electron chi connectivity index (χ1n) is 7.70. The summed E-state index contributed by atoms with van der Waals surface area (Å²) in [6.45, 7) is 0.752. The van der Waals surface area contributed by atoms with Crippen LogP contribution in [0.4, 0.5) is 14.5 Å². The Morgan fingerprint density at radius 3 is 2.38 bits per heavy atom. The van der Waals surface area contributed by atoms with Gasteiger partial charge in [-0.25, -0.2) is 17.2 Å². The molecule has 0 amide bonds. The second kappa shape index (κ2) is 7.29. The van der Waals surface area contributed by atoms with Gasteiger partial charge >= 0.3 is 0 Å². The van der Waals surface area contributed by atoms with Crippen molar-refractivity contribution in [2.75, 3.05) is 13.1 Å².